The zero-order valence-electron chi connectivity index (χ0n) is 13.1. The topological polar surface area (TPSA) is 47.6 Å². The van der Waals surface area contributed by atoms with Crippen molar-refractivity contribution in [2.45, 2.75) is 46.2 Å². The number of halogens is 1. The molecule has 0 radical (unpaired) electrons. The van der Waals surface area contributed by atoms with Gasteiger partial charge in [0.05, 0.1) is 13.2 Å². The van der Waals surface area contributed by atoms with Crippen molar-refractivity contribution < 1.29 is 18.7 Å². The van der Waals surface area contributed by atoms with E-state index in [4.69, 9.17) is 9.47 Å². The molecule has 0 aliphatic heterocycles. The van der Waals surface area contributed by atoms with E-state index in [1.165, 1.54) is 12.1 Å². The lowest BCUT2D eigenvalue weighted by Crippen LogP contribution is -2.42. The van der Waals surface area contributed by atoms with Gasteiger partial charge < -0.3 is 14.8 Å². The Bertz CT molecular complexity index is 463. The molecule has 0 aliphatic rings. The third kappa shape index (κ3) is 6.12. The van der Waals surface area contributed by atoms with Crippen molar-refractivity contribution in [1.29, 1.82) is 0 Å². The number of nitrogens with one attached hydrogen (secondary N) is 1. The molecule has 1 unspecified atom stereocenters. The molecule has 0 aromatic heterocycles. The number of aryl methyl sites for hydroxylation is 1. The quantitative estimate of drug-likeness (QED) is 0.750. The fraction of sp³-hybridized carbons (Fsp3) is 0.562. The molecule has 118 valence electrons. The zero-order valence-corrected chi connectivity index (χ0v) is 13.1. The Kier molecular flexibility index (Phi) is 7.15. The molecule has 0 aliphatic carbocycles. The lowest BCUT2D eigenvalue weighted by Gasteiger charge is -2.20. The van der Waals surface area contributed by atoms with E-state index in [-0.39, 0.29) is 17.8 Å². The number of carbonyl (C=O) groups is 1. The lowest BCUT2D eigenvalue weighted by atomic mass is 10.2. The number of ether oxygens (including phenoxy) is 2. The second kappa shape index (κ2) is 8.62. The van der Waals surface area contributed by atoms with Gasteiger partial charge in [0.25, 0.3) is 0 Å². The molecule has 1 atom stereocenters. The van der Waals surface area contributed by atoms with Crippen LogP contribution in [0.3, 0.4) is 0 Å². The van der Waals surface area contributed by atoms with Crippen molar-refractivity contribution in [1.82, 2.24) is 5.32 Å². The summed E-state index contributed by atoms with van der Waals surface area (Å²) in [4.78, 5) is 11.8. The third-order valence-electron chi connectivity index (χ3n) is 2.91. The Morgan fingerprint density at radius 1 is 1.38 bits per heavy atom. The number of esters is 1. The van der Waals surface area contributed by atoms with Gasteiger partial charge in [-0.3, -0.25) is 4.79 Å². The maximum atomic E-state index is 13.0. The molecule has 4 nitrogen and oxygen atoms in total. The van der Waals surface area contributed by atoms with E-state index in [1.54, 1.807) is 19.9 Å². The first-order valence-electron chi connectivity index (χ1n) is 7.25. The lowest BCUT2D eigenvalue weighted by molar-refractivity contribution is -0.146. The molecule has 0 saturated heterocycles. The Balaban J connectivity index is 2.54. The van der Waals surface area contributed by atoms with Crippen LogP contribution in [0.5, 0.6) is 5.75 Å². The predicted octanol–water partition coefficient (Wildman–Crippen LogP) is 2.83. The fourth-order valence-corrected chi connectivity index (χ4v) is 1.98. The molecule has 21 heavy (non-hydrogen) atoms. The zero-order chi connectivity index (χ0) is 15.8. The highest BCUT2D eigenvalue weighted by Gasteiger charge is 2.20. The summed E-state index contributed by atoms with van der Waals surface area (Å²) in [5, 5.41) is 3.16. The van der Waals surface area contributed by atoms with Gasteiger partial charge in [-0.1, -0.05) is 13.8 Å². The van der Waals surface area contributed by atoms with Gasteiger partial charge >= 0.3 is 5.97 Å². The highest BCUT2D eigenvalue weighted by molar-refractivity contribution is 5.75. The van der Waals surface area contributed by atoms with Gasteiger partial charge in [0.15, 0.2) is 0 Å². The summed E-state index contributed by atoms with van der Waals surface area (Å²) in [6.45, 7) is 8.22. The van der Waals surface area contributed by atoms with Crippen molar-refractivity contribution in [2.24, 2.45) is 0 Å². The second-order valence-electron chi connectivity index (χ2n) is 5.17. The van der Waals surface area contributed by atoms with Crippen LogP contribution in [0, 0.1) is 12.7 Å². The standard InChI is InChI=1S/C16H24FNO3/c1-5-20-16(19)14(18-11(2)3)8-9-21-15-7-6-13(17)10-12(15)4/h6-7,10-11,14,18H,5,8-9H2,1-4H3. The molecule has 1 N–H and O–H groups in total. The maximum Gasteiger partial charge on any atom is 0.323 e. The van der Waals surface area contributed by atoms with E-state index in [2.05, 4.69) is 5.32 Å². The first-order valence-corrected chi connectivity index (χ1v) is 7.25. The molecular formula is C16H24FNO3. The smallest absolute Gasteiger partial charge is 0.323 e. The number of carbonyl (C=O) groups excluding carboxylic acids is 1. The van der Waals surface area contributed by atoms with Crippen LogP contribution in [0.1, 0.15) is 32.8 Å². The minimum Gasteiger partial charge on any atom is -0.493 e. The van der Waals surface area contributed by atoms with Crippen molar-refractivity contribution in [3.05, 3.63) is 29.6 Å². The molecule has 0 amide bonds. The number of benzene rings is 1. The summed E-state index contributed by atoms with van der Waals surface area (Å²) in [6.07, 6.45) is 0.494. The number of rotatable bonds is 8. The van der Waals surface area contributed by atoms with Crippen molar-refractivity contribution in [2.75, 3.05) is 13.2 Å². The van der Waals surface area contributed by atoms with Crippen molar-refractivity contribution >= 4 is 5.97 Å². The normalized spacial score (nSPS) is 12.3. The number of hydrogen-bond donors (Lipinski definition) is 1. The van der Waals surface area contributed by atoms with E-state index < -0.39 is 6.04 Å². The molecule has 0 bridgehead atoms. The second-order valence-corrected chi connectivity index (χ2v) is 5.17. The molecule has 1 aromatic carbocycles. The van der Waals surface area contributed by atoms with Crippen LogP contribution in [-0.2, 0) is 9.53 Å². The maximum absolute atomic E-state index is 13.0. The van der Waals surface area contributed by atoms with E-state index in [9.17, 15) is 9.18 Å². The predicted molar refractivity (Wildman–Crippen MR) is 79.9 cm³/mol. The Hall–Kier alpha value is -1.62. The monoisotopic (exact) mass is 297 g/mol. The molecular weight excluding hydrogens is 273 g/mol. The van der Waals surface area contributed by atoms with Gasteiger partial charge in [-0.25, -0.2) is 4.39 Å². The van der Waals surface area contributed by atoms with Crippen LogP contribution < -0.4 is 10.1 Å². The van der Waals surface area contributed by atoms with Crippen LogP contribution in [0.15, 0.2) is 18.2 Å². The van der Waals surface area contributed by atoms with Crippen molar-refractivity contribution in [3.8, 4) is 5.75 Å². The largest absolute Gasteiger partial charge is 0.493 e. The van der Waals surface area contributed by atoms with Gasteiger partial charge in [0.1, 0.15) is 17.6 Å². The van der Waals surface area contributed by atoms with Gasteiger partial charge in [-0.05, 0) is 37.6 Å². The van der Waals surface area contributed by atoms with Crippen molar-refractivity contribution in [3.63, 3.8) is 0 Å². The fourth-order valence-electron chi connectivity index (χ4n) is 1.98. The van der Waals surface area contributed by atoms with Crippen LogP contribution in [0.4, 0.5) is 4.39 Å². The Morgan fingerprint density at radius 3 is 2.67 bits per heavy atom. The summed E-state index contributed by atoms with van der Waals surface area (Å²) in [6, 6.07) is 4.15. The van der Waals surface area contributed by atoms with Gasteiger partial charge in [0.2, 0.25) is 0 Å². The SMILES string of the molecule is CCOC(=O)C(CCOc1ccc(F)cc1C)NC(C)C. The molecule has 1 aromatic rings. The highest BCUT2D eigenvalue weighted by atomic mass is 19.1. The summed E-state index contributed by atoms with van der Waals surface area (Å²) in [5.74, 6) is 0.0694. The molecule has 0 spiro atoms. The molecule has 1 rings (SSSR count). The number of hydrogen-bond acceptors (Lipinski definition) is 4. The van der Waals surface area contributed by atoms with Crippen LogP contribution in [0.2, 0.25) is 0 Å². The minimum atomic E-state index is -0.397. The van der Waals surface area contributed by atoms with Crippen LogP contribution in [0.25, 0.3) is 0 Å². The Labute approximate surface area is 125 Å². The average molecular weight is 297 g/mol. The van der Waals surface area contributed by atoms with Crippen LogP contribution in [-0.4, -0.2) is 31.3 Å². The van der Waals surface area contributed by atoms with Gasteiger partial charge in [-0.15, -0.1) is 0 Å². The summed E-state index contributed by atoms with van der Waals surface area (Å²) in [7, 11) is 0. The van der Waals surface area contributed by atoms with Gasteiger partial charge in [-0.2, -0.15) is 0 Å². The average Bonchev–Trinajstić information content (AvgIpc) is 2.39. The van der Waals surface area contributed by atoms with E-state index >= 15 is 0 Å². The summed E-state index contributed by atoms with van der Waals surface area (Å²) < 4.78 is 23.7. The van der Waals surface area contributed by atoms with E-state index in [1.807, 2.05) is 13.8 Å². The van der Waals surface area contributed by atoms with Gasteiger partial charge in [0, 0.05) is 12.5 Å². The highest BCUT2D eigenvalue weighted by Crippen LogP contribution is 2.18. The van der Waals surface area contributed by atoms with Crippen LogP contribution >= 0.6 is 0 Å². The molecule has 0 saturated carbocycles. The van der Waals surface area contributed by atoms with E-state index in [0.717, 1.165) is 5.56 Å². The van der Waals surface area contributed by atoms with E-state index in [0.29, 0.717) is 25.4 Å². The minimum absolute atomic E-state index is 0.173. The molecule has 0 fully saturated rings. The Morgan fingerprint density at radius 2 is 2.10 bits per heavy atom. The first kappa shape index (κ1) is 17.4. The third-order valence-corrected chi connectivity index (χ3v) is 2.91. The summed E-state index contributed by atoms with van der Waals surface area (Å²) >= 11 is 0. The molecule has 5 heteroatoms. The molecule has 0 heterocycles. The first-order chi connectivity index (χ1) is 9.93. The summed E-state index contributed by atoms with van der Waals surface area (Å²) in [5.41, 5.74) is 0.736.